The number of methoxy groups -OCH3 is 1. The van der Waals surface area contributed by atoms with E-state index in [0.717, 1.165) is 18.5 Å². The SMILES string of the molecule is COc1cccc(-n2nnc(C(=O)Nc3ccc(S(=O)(=O)C4CCCC4)cc3)c2C)c1. The molecule has 0 atom stereocenters. The monoisotopic (exact) mass is 440 g/mol. The van der Waals surface area contributed by atoms with E-state index in [-0.39, 0.29) is 15.8 Å². The molecule has 3 aromatic rings. The molecule has 162 valence electrons. The van der Waals surface area contributed by atoms with Gasteiger partial charge in [-0.3, -0.25) is 4.79 Å². The Hall–Kier alpha value is -3.20. The van der Waals surface area contributed by atoms with Crippen LogP contribution in [0.2, 0.25) is 0 Å². The van der Waals surface area contributed by atoms with Crippen molar-refractivity contribution < 1.29 is 17.9 Å². The molecule has 31 heavy (non-hydrogen) atoms. The molecule has 0 radical (unpaired) electrons. The smallest absolute Gasteiger partial charge is 0.278 e. The van der Waals surface area contributed by atoms with Crippen LogP contribution < -0.4 is 10.1 Å². The van der Waals surface area contributed by atoms with Gasteiger partial charge in [-0.15, -0.1) is 5.10 Å². The van der Waals surface area contributed by atoms with Crippen molar-refractivity contribution in [2.45, 2.75) is 42.8 Å². The van der Waals surface area contributed by atoms with Crippen LogP contribution in [0.15, 0.2) is 53.4 Å². The lowest BCUT2D eigenvalue weighted by Crippen LogP contribution is -2.18. The van der Waals surface area contributed by atoms with Crippen LogP contribution >= 0.6 is 0 Å². The summed E-state index contributed by atoms with van der Waals surface area (Å²) in [5, 5.41) is 10.6. The minimum absolute atomic E-state index is 0.186. The molecule has 1 amide bonds. The zero-order chi connectivity index (χ0) is 22.0. The number of carbonyl (C=O) groups excluding carboxylic acids is 1. The minimum Gasteiger partial charge on any atom is -0.497 e. The van der Waals surface area contributed by atoms with E-state index in [1.807, 2.05) is 18.2 Å². The molecule has 1 aliphatic rings. The van der Waals surface area contributed by atoms with E-state index in [0.29, 0.717) is 30.0 Å². The van der Waals surface area contributed by atoms with Gasteiger partial charge in [0.15, 0.2) is 15.5 Å². The second-order valence-corrected chi connectivity index (χ2v) is 9.79. The molecule has 0 spiro atoms. The number of hydrogen-bond donors (Lipinski definition) is 1. The van der Waals surface area contributed by atoms with Crippen LogP contribution in [0, 0.1) is 6.92 Å². The van der Waals surface area contributed by atoms with Gasteiger partial charge in [-0.25, -0.2) is 13.1 Å². The summed E-state index contributed by atoms with van der Waals surface area (Å²) in [4.78, 5) is 13.0. The molecule has 4 rings (SSSR count). The summed E-state index contributed by atoms with van der Waals surface area (Å²) in [6, 6.07) is 13.6. The van der Waals surface area contributed by atoms with E-state index < -0.39 is 15.7 Å². The Labute approximate surface area is 181 Å². The third kappa shape index (κ3) is 4.18. The lowest BCUT2D eigenvalue weighted by Gasteiger charge is -2.12. The summed E-state index contributed by atoms with van der Waals surface area (Å²) in [6.07, 6.45) is 3.33. The second kappa shape index (κ2) is 8.50. The van der Waals surface area contributed by atoms with Crippen LogP contribution in [-0.4, -0.2) is 41.7 Å². The summed E-state index contributed by atoms with van der Waals surface area (Å²) in [6.45, 7) is 1.76. The maximum atomic E-state index is 12.7. The van der Waals surface area contributed by atoms with Crippen LogP contribution in [0.1, 0.15) is 41.9 Å². The maximum Gasteiger partial charge on any atom is 0.278 e. The topological polar surface area (TPSA) is 103 Å². The number of ether oxygens (including phenoxy) is 1. The molecule has 1 fully saturated rings. The van der Waals surface area contributed by atoms with Crippen LogP contribution in [0.25, 0.3) is 5.69 Å². The number of hydrogen-bond acceptors (Lipinski definition) is 6. The molecule has 2 aromatic carbocycles. The van der Waals surface area contributed by atoms with Crippen molar-refractivity contribution in [3.05, 3.63) is 59.9 Å². The molecule has 8 nitrogen and oxygen atoms in total. The van der Waals surface area contributed by atoms with E-state index >= 15 is 0 Å². The first-order valence-corrected chi connectivity index (χ1v) is 11.7. The molecule has 0 unspecified atom stereocenters. The average Bonchev–Trinajstić information content (AvgIpc) is 3.45. The molecule has 0 aliphatic heterocycles. The Morgan fingerprint density at radius 2 is 1.84 bits per heavy atom. The van der Waals surface area contributed by atoms with Crippen LogP contribution in [0.4, 0.5) is 5.69 Å². The van der Waals surface area contributed by atoms with Gasteiger partial charge in [0.05, 0.1) is 28.6 Å². The Bertz CT molecular complexity index is 1200. The fraction of sp³-hybridized carbons (Fsp3) is 0.318. The second-order valence-electron chi connectivity index (χ2n) is 7.57. The molecule has 1 heterocycles. The highest BCUT2D eigenvalue weighted by molar-refractivity contribution is 7.92. The van der Waals surface area contributed by atoms with Crippen molar-refractivity contribution in [1.82, 2.24) is 15.0 Å². The van der Waals surface area contributed by atoms with Gasteiger partial charge in [0.2, 0.25) is 0 Å². The van der Waals surface area contributed by atoms with Crippen molar-refractivity contribution in [1.29, 1.82) is 0 Å². The standard InChI is InChI=1S/C22H24N4O4S/c1-15-21(24-25-26(15)17-6-5-7-18(14-17)30-2)22(27)23-16-10-12-20(13-11-16)31(28,29)19-8-3-4-9-19/h5-7,10-14,19H,3-4,8-9H2,1-2H3,(H,23,27). The number of aromatic nitrogens is 3. The first-order chi connectivity index (χ1) is 14.9. The minimum atomic E-state index is -3.32. The van der Waals surface area contributed by atoms with E-state index in [2.05, 4.69) is 15.6 Å². The molecule has 0 bridgehead atoms. The average molecular weight is 441 g/mol. The lowest BCUT2D eigenvalue weighted by atomic mass is 10.2. The van der Waals surface area contributed by atoms with Crippen molar-refractivity contribution in [2.75, 3.05) is 12.4 Å². The number of benzene rings is 2. The largest absolute Gasteiger partial charge is 0.497 e. The number of sulfone groups is 1. The first-order valence-electron chi connectivity index (χ1n) is 10.1. The van der Waals surface area contributed by atoms with Gasteiger partial charge in [-0.1, -0.05) is 24.1 Å². The number of nitrogens with one attached hydrogen (secondary N) is 1. The number of amides is 1. The highest BCUT2D eigenvalue weighted by atomic mass is 32.2. The normalized spacial score (nSPS) is 14.5. The number of nitrogens with zero attached hydrogens (tertiary/aromatic N) is 3. The maximum absolute atomic E-state index is 12.7. The van der Waals surface area contributed by atoms with E-state index in [9.17, 15) is 13.2 Å². The first kappa shape index (κ1) is 21.0. The molecule has 0 saturated heterocycles. The molecule has 9 heteroatoms. The number of anilines is 1. The molecule has 1 N–H and O–H groups in total. The van der Waals surface area contributed by atoms with Gasteiger partial charge in [0.25, 0.3) is 5.91 Å². The van der Waals surface area contributed by atoms with Gasteiger partial charge >= 0.3 is 0 Å². The Morgan fingerprint density at radius 3 is 2.52 bits per heavy atom. The predicted molar refractivity (Wildman–Crippen MR) is 116 cm³/mol. The third-order valence-electron chi connectivity index (χ3n) is 5.59. The van der Waals surface area contributed by atoms with Gasteiger partial charge in [0, 0.05) is 11.8 Å². The van der Waals surface area contributed by atoms with Crippen LogP contribution in [0.5, 0.6) is 5.75 Å². The van der Waals surface area contributed by atoms with Crippen molar-refractivity contribution in [3.8, 4) is 11.4 Å². The summed E-state index contributed by atoms with van der Waals surface area (Å²) < 4.78 is 32.2. The highest BCUT2D eigenvalue weighted by Crippen LogP contribution is 2.30. The zero-order valence-electron chi connectivity index (χ0n) is 17.4. The highest BCUT2D eigenvalue weighted by Gasteiger charge is 2.30. The molecule has 1 saturated carbocycles. The summed E-state index contributed by atoms with van der Waals surface area (Å²) in [7, 11) is -1.74. The summed E-state index contributed by atoms with van der Waals surface area (Å²) in [5.74, 6) is 0.254. The predicted octanol–water partition coefficient (Wildman–Crippen LogP) is 3.55. The van der Waals surface area contributed by atoms with Crippen LogP contribution in [-0.2, 0) is 9.84 Å². The van der Waals surface area contributed by atoms with Gasteiger partial charge in [-0.05, 0) is 56.2 Å². The molecular formula is C22H24N4O4S. The number of rotatable bonds is 6. The summed E-state index contributed by atoms with van der Waals surface area (Å²) >= 11 is 0. The summed E-state index contributed by atoms with van der Waals surface area (Å²) in [5.41, 5.74) is 1.98. The van der Waals surface area contributed by atoms with Gasteiger partial charge < -0.3 is 10.1 Å². The van der Waals surface area contributed by atoms with Crippen molar-refractivity contribution in [2.24, 2.45) is 0 Å². The Morgan fingerprint density at radius 1 is 1.13 bits per heavy atom. The van der Waals surface area contributed by atoms with E-state index in [1.165, 1.54) is 0 Å². The van der Waals surface area contributed by atoms with Crippen LogP contribution in [0.3, 0.4) is 0 Å². The fourth-order valence-corrected chi connectivity index (χ4v) is 5.69. The number of carbonyl (C=O) groups is 1. The van der Waals surface area contributed by atoms with Gasteiger partial charge in [0.1, 0.15) is 5.75 Å². The lowest BCUT2D eigenvalue weighted by molar-refractivity contribution is 0.102. The van der Waals surface area contributed by atoms with E-state index in [1.54, 1.807) is 49.0 Å². The van der Waals surface area contributed by atoms with Crippen molar-refractivity contribution in [3.63, 3.8) is 0 Å². The molecule has 1 aromatic heterocycles. The fourth-order valence-electron chi connectivity index (χ4n) is 3.84. The third-order valence-corrected chi connectivity index (χ3v) is 7.87. The Balaban J connectivity index is 1.50. The van der Waals surface area contributed by atoms with E-state index in [4.69, 9.17) is 4.74 Å². The van der Waals surface area contributed by atoms with Crippen molar-refractivity contribution >= 4 is 21.4 Å². The van der Waals surface area contributed by atoms with Gasteiger partial charge in [-0.2, -0.15) is 0 Å². The quantitative estimate of drug-likeness (QED) is 0.629. The Kier molecular flexibility index (Phi) is 5.77. The zero-order valence-corrected chi connectivity index (χ0v) is 18.2. The molecule has 1 aliphatic carbocycles. The molecular weight excluding hydrogens is 416 g/mol.